The number of imidazole rings is 2. The summed E-state index contributed by atoms with van der Waals surface area (Å²) in [7, 11) is 0. The second-order valence-electron chi connectivity index (χ2n) is 6.16. The van der Waals surface area contributed by atoms with Crippen molar-refractivity contribution < 1.29 is 4.79 Å². The molecule has 1 amide bonds. The highest BCUT2D eigenvalue weighted by Gasteiger charge is 2.14. The monoisotopic (exact) mass is 358 g/mol. The largest absolute Gasteiger partial charge is 0.319 e. The molecule has 0 bridgehead atoms. The highest BCUT2D eigenvalue weighted by atomic mass is 16.1. The van der Waals surface area contributed by atoms with Gasteiger partial charge in [-0.3, -0.25) is 9.36 Å². The van der Waals surface area contributed by atoms with Crippen molar-refractivity contribution in [2.45, 2.75) is 13.8 Å². The van der Waals surface area contributed by atoms with Gasteiger partial charge < -0.3 is 9.88 Å². The fraction of sp³-hybridized carbons (Fsp3) is 0.100. The van der Waals surface area contributed by atoms with E-state index in [1.54, 1.807) is 35.6 Å². The molecule has 0 fully saturated rings. The molecule has 0 aliphatic rings. The lowest BCUT2D eigenvalue weighted by Gasteiger charge is -2.07. The van der Waals surface area contributed by atoms with E-state index in [4.69, 9.17) is 0 Å². The molecule has 0 radical (unpaired) electrons. The van der Waals surface area contributed by atoms with Gasteiger partial charge in [0.05, 0.1) is 11.9 Å². The third-order valence-corrected chi connectivity index (χ3v) is 4.26. The van der Waals surface area contributed by atoms with Crippen LogP contribution in [0.15, 0.2) is 67.5 Å². The van der Waals surface area contributed by atoms with Gasteiger partial charge in [-0.2, -0.15) is 0 Å². The molecule has 0 unspecified atom stereocenters. The Morgan fingerprint density at radius 3 is 2.67 bits per heavy atom. The number of anilines is 1. The summed E-state index contributed by atoms with van der Waals surface area (Å²) in [5.41, 5.74) is 3.08. The summed E-state index contributed by atoms with van der Waals surface area (Å²) in [6.07, 6.45) is 8.52. The van der Waals surface area contributed by atoms with Gasteiger partial charge in [0.1, 0.15) is 23.7 Å². The fourth-order valence-electron chi connectivity index (χ4n) is 2.86. The Kier molecular flexibility index (Phi) is 4.25. The zero-order chi connectivity index (χ0) is 18.8. The number of hydrogen-bond donors (Lipinski definition) is 1. The van der Waals surface area contributed by atoms with Crippen molar-refractivity contribution >= 4 is 11.6 Å². The first-order chi connectivity index (χ1) is 13.1. The first kappa shape index (κ1) is 16.7. The SMILES string of the molecule is Cc1ccccc1-n1cc(C(=O)Nc2ccc(-n3ccnc3)nc2)nc1C. The molecule has 0 aliphatic heterocycles. The summed E-state index contributed by atoms with van der Waals surface area (Å²) in [6.45, 7) is 3.91. The predicted molar refractivity (Wildman–Crippen MR) is 102 cm³/mol. The Labute approximate surface area is 156 Å². The molecule has 4 rings (SSSR count). The number of amides is 1. The lowest BCUT2D eigenvalue weighted by molar-refractivity contribution is 0.102. The summed E-state index contributed by atoms with van der Waals surface area (Å²) in [4.78, 5) is 25.3. The molecule has 27 heavy (non-hydrogen) atoms. The maximum atomic E-state index is 12.6. The van der Waals surface area contributed by atoms with Gasteiger partial charge in [-0.25, -0.2) is 15.0 Å². The smallest absolute Gasteiger partial charge is 0.275 e. The van der Waals surface area contributed by atoms with E-state index in [-0.39, 0.29) is 5.91 Å². The van der Waals surface area contributed by atoms with Gasteiger partial charge in [-0.15, -0.1) is 0 Å². The van der Waals surface area contributed by atoms with E-state index >= 15 is 0 Å². The third kappa shape index (κ3) is 3.35. The summed E-state index contributed by atoms with van der Waals surface area (Å²) < 4.78 is 3.71. The normalized spacial score (nSPS) is 10.7. The molecule has 3 aromatic heterocycles. The Hall–Kier alpha value is -3.74. The number of pyridine rings is 1. The second-order valence-corrected chi connectivity index (χ2v) is 6.16. The van der Waals surface area contributed by atoms with Crippen molar-refractivity contribution in [3.63, 3.8) is 0 Å². The van der Waals surface area contributed by atoms with Gasteiger partial charge >= 0.3 is 0 Å². The average molecular weight is 358 g/mol. The lowest BCUT2D eigenvalue weighted by Crippen LogP contribution is -2.12. The quantitative estimate of drug-likeness (QED) is 0.607. The van der Waals surface area contributed by atoms with Crippen LogP contribution >= 0.6 is 0 Å². The highest BCUT2D eigenvalue weighted by molar-refractivity contribution is 6.02. The summed E-state index contributed by atoms with van der Waals surface area (Å²) >= 11 is 0. The van der Waals surface area contributed by atoms with E-state index in [1.165, 1.54) is 0 Å². The number of carbonyl (C=O) groups excluding carboxylic acids is 1. The number of rotatable bonds is 4. The average Bonchev–Trinajstić information content (AvgIpc) is 3.33. The molecule has 1 aromatic carbocycles. The van der Waals surface area contributed by atoms with E-state index in [0.717, 1.165) is 22.9 Å². The van der Waals surface area contributed by atoms with Crippen LogP contribution in [0.25, 0.3) is 11.5 Å². The standard InChI is InChI=1S/C20H18N6O/c1-14-5-3-4-6-18(14)26-12-17(23-15(26)2)20(27)24-16-7-8-19(22-11-16)25-10-9-21-13-25/h3-13H,1-2H3,(H,24,27). The van der Waals surface area contributed by atoms with Crippen LogP contribution in [0.1, 0.15) is 21.9 Å². The number of carbonyl (C=O) groups is 1. The molecule has 0 atom stereocenters. The van der Waals surface area contributed by atoms with Gasteiger partial charge in [0, 0.05) is 24.3 Å². The molecule has 4 aromatic rings. The summed E-state index contributed by atoms with van der Waals surface area (Å²) in [5.74, 6) is 1.20. The molecule has 0 saturated carbocycles. The number of aromatic nitrogens is 5. The molecule has 134 valence electrons. The first-order valence-electron chi connectivity index (χ1n) is 8.49. The zero-order valence-corrected chi connectivity index (χ0v) is 15.0. The highest BCUT2D eigenvalue weighted by Crippen LogP contribution is 2.17. The maximum absolute atomic E-state index is 12.6. The molecule has 0 spiro atoms. The minimum Gasteiger partial charge on any atom is -0.319 e. The molecule has 3 heterocycles. The molecule has 0 saturated heterocycles. The van der Waals surface area contributed by atoms with Gasteiger partial charge in [-0.1, -0.05) is 18.2 Å². The molecule has 0 aliphatic carbocycles. The van der Waals surface area contributed by atoms with Crippen LogP contribution in [0.5, 0.6) is 0 Å². The van der Waals surface area contributed by atoms with E-state index < -0.39 is 0 Å². The number of benzene rings is 1. The topological polar surface area (TPSA) is 77.6 Å². The second kappa shape index (κ2) is 6.87. The molecule has 7 nitrogen and oxygen atoms in total. The van der Waals surface area contributed by atoms with Crippen molar-refractivity contribution in [2.75, 3.05) is 5.32 Å². The Bertz CT molecular complexity index is 1080. The predicted octanol–water partition coefficient (Wildman–Crippen LogP) is 3.32. The molecular weight excluding hydrogens is 340 g/mol. The van der Waals surface area contributed by atoms with Crippen LogP contribution in [0.2, 0.25) is 0 Å². The van der Waals surface area contributed by atoms with E-state index in [1.807, 2.05) is 54.9 Å². The molecular formula is C20H18N6O. The number of hydrogen-bond acceptors (Lipinski definition) is 4. The van der Waals surface area contributed by atoms with E-state index in [9.17, 15) is 4.79 Å². The van der Waals surface area contributed by atoms with E-state index in [2.05, 4.69) is 20.3 Å². The number of aryl methyl sites for hydroxylation is 2. The van der Waals surface area contributed by atoms with Crippen molar-refractivity contribution in [1.29, 1.82) is 0 Å². The van der Waals surface area contributed by atoms with Crippen molar-refractivity contribution in [2.24, 2.45) is 0 Å². The van der Waals surface area contributed by atoms with Crippen LogP contribution in [0, 0.1) is 13.8 Å². The fourth-order valence-corrected chi connectivity index (χ4v) is 2.86. The van der Waals surface area contributed by atoms with E-state index in [0.29, 0.717) is 11.4 Å². The number of nitrogens with zero attached hydrogens (tertiary/aromatic N) is 5. The van der Waals surface area contributed by atoms with Crippen LogP contribution in [-0.4, -0.2) is 30.0 Å². The van der Waals surface area contributed by atoms with Crippen LogP contribution in [-0.2, 0) is 0 Å². The zero-order valence-electron chi connectivity index (χ0n) is 15.0. The summed E-state index contributed by atoms with van der Waals surface area (Å²) in [6, 6.07) is 11.6. The van der Waals surface area contributed by atoms with Crippen molar-refractivity contribution in [3.05, 3.63) is 84.6 Å². The molecule has 1 N–H and O–H groups in total. The Morgan fingerprint density at radius 2 is 1.96 bits per heavy atom. The van der Waals surface area contributed by atoms with Gasteiger partial charge in [0.2, 0.25) is 0 Å². The Morgan fingerprint density at radius 1 is 1.11 bits per heavy atom. The van der Waals surface area contributed by atoms with Crippen LogP contribution in [0.4, 0.5) is 5.69 Å². The first-order valence-corrected chi connectivity index (χ1v) is 8.49. The van der Waals surface area contributed by atoms with Crippen molar-refractivity contribution in [3.8, 4) is 11.5 Å². The third-order valence-electron chi connectivity index (χ3n) is 4.26. The minimum absolute atomic E-state index is 0.275. The van der Waals surface area contributed by atoms with Gasteiger partial charge in [0.25, 0.3) is 5.91 Å². The van der Waals surface area contributed by atoms with Gasteiger partial charge in [0.15, 0.2) is 0 Å². The lowest BCUT2D eigenvalue weighted by atomic mass is 10.2. The maximum Gasteiger partial charge on any atom is 0.275 e. The number of para-hydroxylation sites is 1. The minimum atomic E-state index is -0.275. The van der Waals surface area contributed by atoms with Crippen molar-refractivity contribution in [1.82, 2.24) is 24.1 Å². The Balaban J connectivity index is 1.54. The summed E-state index contributed by atoms with van der Waals surface area (Å²) in [5, 5.41) is 2.84. The van der Waals surface area contributed by atoms with Gasteiger partial charge in [-0.05, 0) is 37.6 Å². The van der Waals surface area contributed by atoms with Crippen LogP contribution in [0.3, 0.4) is 0 Å². The number of nitrogens with one attached hydrogen (secondary N) is 1. The molecule has 7 heteroatoms. The van der Waals surface area contributed by atoms with Crippen LogP contribution < -0.4 is 5.32 Å².